The number of aliphatic hydroxyl groups excluding tert-OH is 1. The Morgan fingerprint density at radius 1 is 1.07 bits per heavy atom. The molecule has 0 bridgehead atoms. The highest BCUT2D eigenvalue weighted by Crippen LogP contribution is 2.48. The van der Waals surface area contributed by atoms with Crippen LogP contribution in [-0.2, 0) is 47.7 Å². The maximum Gasteiger partial charge on any atom is 0.317 e. The number of Topliss-reactive ketones (excluding diaryl/α,β-unsaturated/α-hetero) is 2. The minimum Gasteiger partial charge on any atom is -0.458 e. The van der Waals surface area contributed by atoms with E-state index in [-0.39, 0.29) is 36.6 Å². The predicted molar refractivity (Wildman–Crippen MR) is 220 cm³/mol. The second-order valence-electron chi connectivity index (χ2n) is 17.2. The zero-order valence-corrected chi connectivity index (χ0v) is 37.5. The van der Waals surface area contributed by atoms with Crippen LogP contribution in [0.1, 0.15) is 92.7 Å². The minimum absolute atomic E-state index is 0.0515. The molecule has 60 heavy (non-hydrogen) atoms. The van der Waals surface area contributed by atoms with E-state index in [9.17, 15) is 24.3 Å². The molecule has 3 N–H and O–H groups in total. The number of hydrogen-bond donors (Lipinski definition) is 2. The van der Waals surface area contributed by atoms with Gasteiger partial charge in [-0.05, 0) is 80.1 Å². The molecule has 0 amide bonds. The van der Waals surface area contributed by atoms with E-state index >= 15 is 0 Å². The van der Waals surface area contributed by atoms with Gasteiger partial charge in [0.25, 0.3) is 0 Å². The molecule has 5 rings (SSSR count). The second-order valence-corrected chi connectivity index (χ2v) is 18.2. The normalized spacial score (nSPS) is 37.9. The van der Waals surface area contributed by atoms with Crippen molar-refractivity contribution in [3.05, 3.63) is 29.4 Å². The number of nitrogens with zero attached hydrogens (tertiary/aromatic N) is 5. The molecule has 1 unspecified atom stereocenters. The van der Waals surface area contributed by atoms with Crippen LogP contribution in [0, 0.1) is 35.5 Å². The number of amidine groups is 1. The Balaban J connectivity index is 1.51. The molecule has 0 radical (unpaired) electrons. The van der Waals surface area contributed by atoms with E-state index in [1.54, 1.807) is 60.7 Å². The third-order valence-corrected chi connectivity index (χ3v) is 13.8. The topological polar surface area (TPSA) is 224 Å². The van der Waals surface area contributed by atoms with Crippen LogP contribution in [0.15, 0.2) is 29.6 Å². The number of hydrogen-bond acceptors (Lipinski definition) is 17. The third-order valence-electron chi connectivity index (χ3n) is 12.7. The maximum absolute atomic E-state index is 14.8. The lowest BCUT2D eigenvalue weighted by Gasteiger charge is -2.47. The highest BCUT2D eigenvalue weighted by molar-refractivity contribution is 7.14. The molecule has 5 heterocycles. The number of aliphatic hydroxyl groups is 1. The molecule has 332 valence electrons. The van der Waals surface area contributed by atoms with Gasteiger partial charge < -0.3 is 44.3 Å². The number of ketones is 2. The molecule has 3 saturated heterocycles. The fourth-order valence-electron chi connectivity index (χ4n) is 9.18. The molecule has 15 atom stereocenters. The van der Waals surface area contributed by atoms with E-state index in [0.29, 0.717) is 22.1 Å². The van der Waals surface area contributed by atoms with Gasteiger partial charge in [-0.15, -0.1) is 10.2 Å². The molecule has 0 aromatic carbocycles. The summed E-state index contributed by atoms with van der Waals surface area (Å²) in [4.78, 5) is 69.1. The Morgan fingerprint density at radius 3 is 2.38 bits per heavy atom. The lowest BCUT2D eigenvalue weighted by Crippen LogP contribution is -2.59. The smallest absolute Gasteiger partial charge is 0.317 e. The Morgan fingerprint density at radius 2 is 1.77 bits per heavy atom. The van der Waals surface area contributed by atoms with Gasteiger partial charge in [0.05, 0.1) is 17.8 Å². The fraction of sp³-hybridized carbons (Fsp3) is 0.714. The molecule has 2 aromatic heterocycles. The first kappa shape index (κ1) is 47.1. The van der Waals surface area contributed by atoms with Crippen LogP contribution in [0.4, 0.5) is 0 Å². The van der Waals surface area contributed by atoms with Crippen LogP contribution in [0.2, 0.25) is 0 Å². The zero-order chi connectivity index (χ0) is 44.4. The van der Waals surface area contributed by atoms with Crippen LogP contribution in [0.3, 0.4) is 0 Å². The summed E-state index contributed by atoms with van der Waals surface area (Å²) >= 11 is 1.26. The number of carbonyl (C=O) groups excluding carboxylic acids is 4. The number of fused-ring (bicyclic) bond motifs is 1. The number of methoxy groups -OCH3 is 1. The van der Waals surface area contributed by atoms with Crippen molar-refractivity contribution in [3.8, 4) is 10.7 Å². The summed E-state index contributed by atoms with van der Waals surface area (Å²) in [5.74, 6) is -8.88. The van der Waals surface area contributed by atoms with Crippen molar-refractivity contribution >= 4 is 40.7 Å². The lowest BCUT2D eigenvalue weighted by atomic mass is 9.67. The number of carbonyl (C=O) groups is 4. The molecule has 3 aliphatic rings. The standard InChI is InChI=1S/C42H62N6O11S/c1-13-28-42(9)30(29(39(53)58-42)35(43)47-59-25(7)36-45-46-37(60-36)26-16-14-15-17-44-26)22(4)31(49)20(2)19-41(8,54-12)34(23(5)32(50)24(6)38(52)56-28)57-40-33(51)27(48(10)11)18-21(3)55-40/h14-17,20-25,27-30,33-34,40,51H,13,18-19H2,1-12H3,(H2,43,47)/t20-,21-,22-,23+,24-,25+,27+,28+,29-,30+,33-,34-,40?,41-,42-/m1/s1. The summed E-state index contributed by atoms with van der Waals surface area (Å²) in [6, 6.07) is 5.14. The van der Waals surface area contributed by atoms with Gasteiger partial charge in [-0.3, -0.25) is 24.2 Å². The molecule has 17 nitrogen and oxygen atoms in total. The number of oxime groups is 1. The average molecular weight is 859 g/mol. The second kappa shape index (κ2) is 19.0. The number of esters is 2. The monoisotopic (exact) mass is 858 g/mol. The van der Waals surface area contributed by atoms with Crippen LogP contribution >= 0.6 is 11.3 Å². The number of cyclic esters (lactones) is 1. The average Bonchev–Trinajstić information content (AvgIpc) is 3.83. The lowest BCUT2D eigenvalue weighted by molar-refractivity contribution is -0.295. The molecule has 18 heteroatoms. The van der Waals surface area contributed by atoms with Crippen LogP contribution < -0.4 is 5.73 Å². The Kier molecular flexibility index (Phi) is 14.9. The third kappa shape index (κ3) is 9.43. The zero-order valence-electron chi connectivity index (χ0n) is 36.7. The molecule has 3 aliphatic heterocycles. The van der Waals surface area contributed by atoms with Crippen molar-refractivity contribution in [2.24, 2.45) is 46.4 Å². The molecule has 0 saturated carbocycles. The van der Waals surface area contributed by atoms with E-state index in [0.717, 1.165) is 0 Å². The number of ether oxygens (including phenoxy) is 5. The number of likely N-dealkylation sites (N-methyl/N-ethyl adjacent to an activating group) is 1. The van der Waals surface area contributed by atoms with Crippen molar-refractivity contribution in [2.75, 3.05) is 21.2 Å². The number of nitrogens with two attached hydrogens (primary N) is 1. The predicted octanol–water partition coefficient (Wildman–Crippen LogP) is 4.12. The first-order valence-electron chi connectivity index (χ1n) is 20.6. The van der Waals surface area contributed by atoms with Gasteiger partial charge in [0.2, 0.25) is 0 Å². The van der Waals surface area contributed by atoms with E-state index in [4.69, 9.17) is 34.3 Å². The van der Waals surface area contributed by atoms with Gasteiger partial charge in [0.15, 0.2) is 39.6 Å². The quantitative estimate of drug-likeness (QED) is 0.113. The maximum atomic E-state index is 14.8. The van der Waals surface area contributed by atoms with E-state index in [2.05, 4.69) is 20.3 Å². The summed E-state index contributed by atoms with van der Waals surface area (Å²) in [7, 11) is 5.17. The molecular formula is C42H62N6O11S. The Bertz CT molecular complexity index is 1880. The summed E-state index contributed by atoms with van der Waals surface area (Å²) in [5, 5.41) is 25.1. The van der Waals surface area contributed by atoms with Gasteiger partial charge in [-0.2, -0.15) is 0 Å². The van der Waals surface area contributed by atoms with Crippen molar-refractivity contribution in [3.63, 3.8) is 0 Å². The molecule has 2 aromatic rings. The first-order chi connectivity index (χ1) is 28.2. The van der Waals surface area contributed by atoms with Gasteiger partial charge in [0, 0.05) is 43.0 Å². The van der Waals surface area contributed by atoms with Gasteiger partial charge in [0.1, 0.15) is 35.5 Å². The summed E-state index contributed by atoms with van der Waals surface area (Å²) in [6.45, 7) is 15.2. The fourth-order valence-corrected chi connectivity index (χ4v) is 9.97. The summed E-state index contributed by atoms with van der Waals surface area (Å²) in [5.41, 5.74) is 4.33. The van der Waals surface area contributed by atoms with Crippen molar-refractivity contribution in [1.82, 2.24) is 20.1 Å². The molecule has 0 aliphatic carbocycles. The first-order valence-corrected chi connectivity index (χ1v) is 21.5. The van der Waals surface area contributed by atoms with Crippen LogP contribution in [0.5, 0.6) is 0 Å². The van der Waals surface area contributed by atoms with Gasteiger partial charge >= 0.3 is 11.9 Å². The van der Waals surface area contributed by atoms with Crippen molar-refractivity contribution in [2.45, 2.75) is 136 Å². The molecule has 0 spiro atoms. The largest absolute Gasteiger partial charge is 0.458 e. The van der Waals surface area contributed by atoms with E-state index < -0.39 is 95.1 Å². The van der Waals surface area contributed by atoms with E-state index in [1.807, 2.05) is 38.1 Å². The van der Waals surface area contributed by atoms with E-state index in [1.165, 1.54) is 25.4 Å². The van der Waals surface area contributed by atoms with Crippen LogP contribution in [-0.4, -0.2) is 124 Å². The molecule has 3 fully saturated rings. The Labute approximate surface area is 356 Å². The van der Waals surface area contributed by atoms with Crippen molar-refractivity contribution in [1.29, 1.82) is 0 Å². The van der Waals surface area contributed by atoms with Gasteiger partial charge in [-0.1, -0.05) is 50.3 Å². The number of pyridine rings is 1. The number of rotatable bonds is 10. The van der Waals surface area contributed by atoms with Crippen LogP contribution in [0.25, 0.3) is 10.7 Å². The SMILES string of the molecule is CC[C@@H]1OC(=O)[C@H](C)C(=O)[C@H](C)[C@@H](OC2O[C@H](C)C[C@H](N(C)C)[C@H]2O)[C@](C)(OC)C[C@@H](C)C(=O)[C@H](C)[C@H]2[C@H](C(N)=NO[C@@H](C)c3nnc(-c4ccccn4)s3)C(=O)O[C@@]21C. The van der Waals surface area contributed by atoms with Gasteiger partial charge in [-0.25, -0.2) is 0 Å². The van der Waals surface area contributed by atoms with Crippen molar-refractivity contribution < 1.29 is 52.8 Å². The summed E-state index contributed by atoms with van der Waals surface area (Å²) < 4.78 is 31.1. The Hall–Kier alpha value is -3.94. The highest BCUT2D eigenvalue weighted by atomic mass is 32.1. The number of aromatic nitrogens is 3. The highest BCUT2D eigenvalue weighted by Gasteiger charge is 2.62. The molecular weight excluding hydrogens is 797 g/mol. The summed E-state index contributed by atoms with van der Waals surface area (Å²) in [6.07, 6.45) is -3.03. The minimum atomic E-state index is -1.58.